The molecule has 1 fully saturated rings. The Labute approximate surface area is 124 Å². The molecule has 3 rings (SSSR count). The number of carbonyl (C=O) groups excluding carboxylic acids is 1. The van der Waals surface area contributed by atoms with Crippen molar-refractivity contribution in [3.8, 4) is 0 Å². The van der Waals surface area contributed by atoms with Crippen LogP contribution in [0.5, 0.6) is 0 Å². The molecule has 1 aromatic rings. The van der Waals surface area contributed by atoms with Gasteiger partial charge in [-0.15, -0.1) is 0 Å². The summed E-state index contributed by atoms with van der Waals surface area (Å²) in [5.74, 6) is -0.0892. The van der Waals surface area contributed by atoms with E-state index in [1.54, 1.807) is 0 Å². The zero-order valence-electron chi connectivity index (χ0n) is 12.2. The molecule has 5 nitrogen and oxygen atoms in total. The minimum absolute atomic E-state index is 0.0892. The standard InChI is InChI=1S/C16H22N2O3/c19-15(18-11-16(20)5-8-21-9-6-16)14-3-1-2-12-10-17-7-4-13(12)14/h1-3,17,20H,4-11H2,(H,18,19). The maximum atomic E-state index is 12.4. The van der Waals surface area contributed by atoms with Crippen molar-refractivity contribution in [2.75, 3.05) is 26.3 Å². The Morgan fingerprint density at radius 2 is 2.19 bits per heavy atom. The summed E-state index contributed by atoms with van der Waals surface area (Å²) in [6.07, 6.45) is 2.02. The fourth-order valence-electron chi connectivity index (χ4n) is 3.01. The zero-order chi connectivity index (χ0) is 14.7. The van der Waals surface area contributed by atoms with E-state index in [9.17, 15) is 9.90 Å². The van der Waals surface area contributed by atoms with E-state index >= 15 is 0 Å². The van der Waals surface area contributed by atoms with E-state index in [1.165, 1.54) is 5.56 Å². The summed E-state index contributed by atoms with van der Waals surface area (Å²) in [4.78, 5) is 12.4. The van der Waals surface area contributed by atoms with Gasteiger partial charge in [0, 0.05) is 44.7 Å². The summed E-state index contributed by atoms with van der Waals surface area (Å²) in [5.41, 5.74) is 2.24. The molecule has 0 radical (unpaired) electrons. The molecule has 2 heterocycles. The predicted octanol–water partition coefficient (Wildman–Crippen LogP) is 0.604. The fourth-order valence-corrected chi connectivity index (χ4v) is 3.01. The topological polar surface area (TPSA) is 70.6 Å². The molecule has 2 aliphatic heterocycles. The molecule has 0 atom stereocenters. The van der Waals surface area contributed by atoms with Crippen LogP contribution in [0.15, 0.2) is 18.2 Å². The second-order valence-electron chi connectivity index (χ2n) is 5.89. The lowest BCUT2D eigenvalue weighted by Gasteiger charge is -2.32. The van der Waals surface area contributed by atoms with Crippen molar-refractivity contribution in [3.63, 3.8) is 0 Å². The molecule has 0 bridgehead atoms. The summed E-state index contributed by atoms with van der Waals surface area (Å²) in [7, 11) is 0. The van der Waals surface area contributed by atoms with E-state index in [2.05, 4.69) is 16.7 Å². The molecule has 21 heavy (non-hydrogen) atoms. The molecule has 0 spiro atoms. The first-order valence-electron chi connectivity index (χ1n) is 7.58. The number of carbonyl (C=O) groups is 1. The minimum atomic E-state index is -0.829. The second kappa shape index (κ2) is 6.13. The van der Waals surface area contributed by atoms with Crippen molar-refractivity contribution in [1.82, 2.24) is 10.6 Å². The highest BCUT2D eigenvalue weighted by molar-refractivity contribution is 5.96. The largest absolute Gasteiger partial charge is 0.388 e. The van der Waals surface area contributed by atoms with E-state index in [0.717, 1.165) is 30.6 Å². The van der Waals surface area contributed by atoms with E-state index in [4.69, 9.17) is 4.74 Å². The maximum absolute atomic E-state index is 12.4. The first-order chi connectivity index (χ1) is 10.2. The Morgan fingerprint density at radius 3 is 3.00 bits per heavy atom. The minimum Gasteiger partial charge on any atom is -0.388 e. The van der Waals surface area contributed by atoms with Crippen LogP contribution >= 0.6 is 0 Å². The monoisotopic (exact) mass is 290 g/mol. The molecule has 0 aromatic heterocycles. The van der Waals surface area contributed by atoms with E-state index < -0.39 is 5.60 Å². The van der Waals surface area contributed by atoms with Gasteiger partial charge in [-0.1, -0.05) is 12.1 Å². The Balaban J connectivity index is 1.68. The molecule has 2 aliphatic rings. The van der Waals surface area contributed by atoms with Crippen LogP contribution in [0.4, 0.5) is 0 Å². The highest BCUT2D eigenvalue weighted by Crippen LogP contribution is 2.21. The number of aliphatic hydroxyl groups is 1. The van der Waals surface area contributed by atoms with Gasteiger partial charge in [0.05, 0.1) is 5.60 Å². The lowest BCUT2D eigenvalue weighted by atomic mass is 9.93. The molecule has 5 heteroatoms. The zero-order valence-corrected chi connectivity index (χ0v) is 12.2. The average molecular weight is 290 g/mol. The Hall–Kier alpha value is -1.43. The summed E-state index contributed by atoms with van der Waals surface area (Å²) in [5, 5.41) is 16.6. The van der Waals surface area contributed by atoms with Gasteiger partial charge in [-0.2, -0.15) is 0 Å². The molecule has 114 valence electrons. The number of amides is 1. The molecular weight excluding hydrogens is 268 g/mol. The van der Waals surface area contributed by atoms with Gasteiger partial charge in [0.2, 0.25) is 0 Å². The number of fused-ring (bicyclic) bond motifs is 1. The summed E-state index contributed by atoms with van der Waals surface area (Å²) >= 11 is 0. The molecule has 1 saturated heterocycles. The van der Waals surface area contributed by atoms with E-state index in [1.807, 2.05) is 12.1 Å². The average Bonchev–Trinajstić information content (AvgIpc) is 2.53. The molecule has 3 N–H and O–H groups in total. The Bertz CT molecular complexity index is 524. The molecule has 0 unspecified atom stereocenters. The molecular formula is C16H22N2O3. The SMILES string of the molecule is O=C(NCC1(O)CCOCC1)c1cccc2c1CCNC2. The van der Waals surface area contributed by atoms with Gasteiger partial charge in [-0.05, 0) is 30.2 Å². The lowest BCUT2D eigenvalue weighted by molar-refractivity contribution is -0.0605. The summed E-state index contributed by atoms with van der Waals surface area (Å²) in [6, 6.07) is 5.85. The van der Waals surface area contributed by atoms with Crippen molar-refractivity contribution in [2.45, 2.75) is 31.4 Å². The van der Waals surface area contributed by atoms with Gasteiger partial charge in [0.1, 0.15) is 0 Å². The van der Waals surface area contributed by atoms with Crippen LogP contribution in [-0.4, -0.2) is 42.9 Å². The van der Waals surface area contributed by atoms with Gasteiger partial charge in [-0.3, -0.25) is 4.79 Å². The lowest BCUT2D eigenvalue weighted by Crippen LogP contribution is -2.46. The van der Waals surface area contributed by atoms with Crippen LogP contribution in [0, 0.1) is 0 Å². The maximum Gasteiger partial charge on any atom is 0.251 e. The molecule has 0 saturated carbocycles. The van der Waals surface area contributed by atoms with Crippen molar-refractivity contribution in [3.05, 3.63) is 34.9 Å². The van der Waals surface area contributed by atoms with Gasteiger partial charge >= 0.3 is 0 Å². The smallest absolute Gasteiger partial charge is 0.251 e. The quantitative estimate of drug-likeness (QED) is 0.762. The van der Waals surface area contributed by atoms with Crippen LogP contribution in [0.25, 0.3) is 0 Å². The second-order valence-corrected chi connectivity index (χ2v) is 5.89. The Kier molecular flexibility index (Phi) is 4.24. The first-order valence-corrected chi connectivity index (χ1v) is 7.58. The van der Waals surface area contributed by atoms with Crippen LogP contribution in [0.3, 0.4) is 0 Å². The highest BCUT2D eigenvalue weighted by atomic mass is 16.5. The van der Waals surface area contributed by atoms with Gasteiger partial charge in [-0.25, -0.2) is 0 Å². The number of hydrogen-bond acceptors (Lipinski definition) is 4. The van der Waals surface area contributed by atoms with E-state index in [0.29, 0.717) is 26.1 Å². The molecule has 1 amide bonds. The van der Waals surface area contributed by atoms with Crippen LogP contribution < -0.4 is 10.6 Å². The van der Waals surface area contributed by atoms with Gasteiger partial charge < -0.3 is 20.5 Å². The van der Waals surface area contributed by atoms with Gasteiger partial charge in [0.15, 0.2) is 0 Å². The molecule has 1 aromatic carbocycles. The first kappa shape index (κ1) is 14.5. The van der Waals surface area contributed by atoms with Gasteiger partial charge in [0.25, 0.3) is 5.91 Å². The van der Waals surface area contributed by atoms with Crippen LogP contribution in [-0.2, 0) is 17.7 Å². The third-order valence-corrected chi connectivity index (χ3v) is 4.39. The third-order valence-electron chi connectivity index (χ3n) is 4.39. The number of ether oxygens (including phenoxy) is 1. The number of rotatable bonds is 3. The van der Waals surface area contributed by atoms with Crippen molar-refractivity contribution < 1.29 is 14.6 Å². The van der Waals surface area contributed by atoms with Crippen molar-refractivity contribution in [1.29, 1.82) is 0 Å². The van der Waals surface area contributed by atoms with E-state index in [-0.39, 0.29) is 12.5 Å². The summed E-state index contributed by atoms with van der Waals surface area (Å²) in [6.45, 7) is 3.12. The number of hydrogen-bond donors (Lipinski definition) is 3. The summed E-state index contributed by atoms with van der Waals surface area (Å²) < 4.78 is 5.25. The third kappa shape index (κ3) is 3.26. The fraction of sp³-hybridized carbons (Fsp3) is 0.562. The van der Waals surface area contributed by atoms with Crippen molar-refractivity contribution in [2.24, 2.45) is 0 Å². The normalized spacial score (nSPS) is 20.6. The Morgan fingerprint density at radius 1 is 1.38 bits per heavy atom. The van der Waals surface area contributed by atoms with Crippen LogP contribution in [0.1, 0.15) is 34.3 Å². The predicted molar refractivity (Wildman–Crippen MR) is 79.2 cm³/mol. The molecule has 0 aliphatic carbocycles. The van der Waals surface area contributed by atoms with Crippen molar-refractivity contribution >= 4 is 5.91 Å². The van der Waals surface area contributed by atoms with Crippen LogP contribution in [0.2, 0.25) is 0 Å². The number of nitrogens with one attached hydrogen (secondary N) is 2. The number of benzene rings is 1. The highest BCUT2D eigenvalue weighted by Gasteiger charge is 2.30.